The molecule has 0 saturated carbocycles. The highest BCUT2D eigenvalue weighted by Crippen LogP contribution is 2.17. The van der Waals surface area contributed by atoms with E-state index < -0.39 is 9.84 Å². The topological polar surface area (TPSA) is 69.4 Å². The van der Waals surface area contributed by atoms with Gasteiger partial charge in [0.15, 0.2) is 9.84 Å². The predicted octanol–water partition coefficient (Wildman–Crippen LogP) is 2.77. The fourth-order valence-corrected chi connectivity index (χ4v) is 2.85. The number of sulfone groups is 1. The third kappa shape index (κ3) is 3.88. The molecule has 0 aliphatic carbocycles. The van der Waals surface area contributed by atoms with Gasteiger partial charge in [0.25, 0.3) is 0 Å². The van der Waals surface area contributed by atoms with E-state index in [9.17, 15) is 8.42 Å². The molecule has 0 aromatic heterocycles. The minimum atomic E-state index is -3.37. The summed E-state index contributed by atoms with van der Waals surface area (Å²) < 4.78 is 29.5. The zero-order chi connectivity index (χ0) is 14.6. The highest BCUT2D eigenvalue weighted by molar-refractivity contribution is 7.91. The van der Waals surface area contributed by atoms with E-state index in [0.29, 0.717) is 16.5 Å². The number of ether oxygens (including phenoxy) is 1. The summed E-state index contributed by atoms with van der Waals surface area (Å²) in [7, 11) is -3.37. The molecule has 2 N–H and O–H groups in total. The van der Waals surface area contributed by atoms with Gasteiger partial charge in [-0.05, 0) is 36.4 Å². The second-order valence-electron chi connectivity index (χ2n) is 4.19. The largest absolute Gasteiger partial charge is 0.492 e. The van der Waals surface area contributed by atoms with Crippen molar-refractivity contribution in [2.45, 2.75) is 4.90 Å². The standard InChI is InChI=1S/C14H14ClNO3S/c15-11-4-6-14(7-5-11)20(17,18)9-8-19-13-3-1-2-12(16)10-13/h1-7,10H,8-9,16H2. The zero-order valence-electron chi connectivity index (χ0n) is 10.6. The van der Waals surface area contributed by atoms with E-state index in [-0.39, 0.29) is 17.3 Å². The van der Waals surface area contributed by atoms with Gasteiger partial charge >= 0.3 is 0 Å². The van der Waals surface area contributed by atoms with E-state index in [1.807, 2.05) is 0 Å². The first-order valence-electron chi connectivity index (χ1n) is 5.94. The van der Waals surface area contributed by atoms with Crippen LogP contribution in [0.15, 0.2) is 53.4 Å². The van der Waals surface area contributed by atoms with Crippen molar-refractivity contribution in [1.29, 1.82) is 0 Å². The molecule has 0 aliphatic rings. The Morgan fingerprint density at radius 2 is 1.80 bits per heavy atom. The number of anilines is 1. The van der Waals surface area contributed by atoms with Gasteiger partial charge in [-0.1, -0.05) is 17.7 Å². The molecule has 2 aromatic carbocycles. The lowest BCUT2D eigenvalue weighted by Crippen LogP contribution is -2.14. The molecule has 0 heterocycles. The van der Waals surface area contributed by atoms with Crippen LogP contribution in [0.1, 0.15) is 0 Å². The smallest absolute Gasteiger partial charge is 0.181 e. The third-order valence-electron chi connectivity index (χ3n) is 2.65. The summed E-state index contributed by atoms with van der Waals surface area (Å²) in [5.41, 5.74) is 6.18. The van der Waals surface area contributed by atoms with Crippen molar-refractivity contribution in [2.24, 2.45) is 0 Å². The van der Waals surface area contributed by atoms with Crippen LogP contribution in [0, 0.1) is 0 Å². The average molecular weight is 312 g/mol. The van der Waals surface area contributed by atoms with Crippen LogP contribution in [0.25, 0.3) is 0 Å². The van der Waals surface area contributed by atoms with Crippen LogP contribution in [0.4, 0.5) is 5.69 Å². The van der Waals surface area contributed by atoms with Crippen molar-refractivity contribution >= 4 is 27.1 Å². The van der Waals surface area contributed by atoms with Crippen LogP contribution in [0.3, 0.4) is 0 Å². The number of hydrogen-bond acceptors (Lipinski definition) is 4. The van der Waals surface area contributed by atoms with Gasteiger partial charge in [-0.25, -0.2) is 8.42 Å². The van der Waals surface area contributed by atoms with E-state index in [4.69, 9.17) is 22.1 Å². The van der Waals surface area contributed by atoms with E-state index in [1.54, 1.807) is 36.4 Å². The van der Waals surface area contributed by atoms with Crippen molar-refractivity contribution in [3.63, 3.8) is 0 Å². The second kappa shape index (κ2) is 6.15. The molecule has 6 heteroatoms. The summed E-state index contributed by atoms with van der Waals surface area (Å²) in [5.74, 6) is 0.444. The lowest BCUT2D eigenvalue weighted by molar-refractivity contribution is 0.341. The molecule has 106 valence electrons. The minimum absolute atomic E-state index is 0.0639. The maximum atomic E-state index is 12.1. The highest BCUT2D eigenvalue weighted by atomic mass is 35.5. The monoisotopic (exact) mass is 311 g/mol. The molecule has 0 atom stereocenters. The summed E-state index contributed by atoms with van der Waals surface area (Å²) in [6, 6.07) is 12.9. The Kier molecular flexibility index (Phi) is 4.52. The molecule has 20 heavy (non-hydrogen) atoms. The molecule has 0 bridgehead atoms. The van der Waals surface area contributed by atoms with E-state index >= 15 is 0 Å². The summed E-state index contributed by atoms with van der Waals surface area (Å²) in [5, 5.41) is 0.500. The van der Waals surface area contributed by atoms with Gasteiger partial charge in [0.1, 0.15) is 12.4 Å². The average Bonchev–Trinajstić information content (AvgIpc) is 2.39. The first kappa shape index (κ1) is 14.7. The van der Waals surface area contributed by atoms with Crippen molar-refractivity contribution in [2.75, 3.05) is 18.1 Å². The van der Waals surface area contributed by atoms with Crippen LogP contribution >= 0.6 is 11.6 Å². The molecular weight excluding hydrogens is 298 g/mol. The first-order valence-corrected chi connectivity index (χ1v) is 7.97. The maximum absolute atomic E-state index is 12.1. The Balaban J connectivity index is 1.98. The Morgan fingerprint density at radius 3 is 2.45 bits per heavy atom. The Bertz CT molecular complexity index is 684. The summed E-state index contributed by atoms with van der Waals surface area (Å²) in [4.78, 5) is 0.234. The number of nitrogens with two attached hydrogens (primary N) is 1. The lowest BCUT2D eigenvalue weighted by atomic mass is 10.3. The van der Waals surface area contributed by atoms with Gasteiger partial charge < -0.3 is 10.5 Å². The molecular formula is C14H14ClNO3S. The number of halogens is 1. The number of rotatable bonds is 5. The molecule has 0 amide bonds. The molecule has 0 radical (unpaired) electrons. The molecule has 2 rings (SSSR count). The fraction of sp³-hybridized carbons (Fsp3) is 0.143. The summed E-state index contributed by atoms with van der Waals surface area (Å²) >= 11 is 5.73. The van der Waals surface area contributed by atoms with Crippen LogP contribution in [0.5, 0.6) is 5.75 Å². The quantitative estimate of drug-likeness (QED) is 0.862. The summed E-state index contributed by atoms with van der Waals surface area (Å²) in [6.45, 7) is 0.0639. The van der Waals surface area contributed by atoms with Gasteiger partial charge in [-0.3, -0.25) is 0 Å². The minimum Gasteiger partial charge on any atom is -0.492 e. The Hall–Kier alpha value is -1.72. The van der Waals surface area contributed by atoms with E-state index in [2.05, 4.69) is 0 Å². The van der Waals surface area contributed by atoms with Gasteiger partial charge in [0.2, 0.25) is 0 Å². The number of nitrogen functional groups attached to an aromatic ring is 1. The molecule has 2 aromatic rings. The van der Waals surface area contributed by atoms with Gasteiger partial charge in [0, 0.05) is 16.8 Å². The Labute approximate surface area is 123 Å². The fourth-order valence-electron chi connectivity index (χ4n) is 1.63. The third-order valence-corrected chi connectivity index (χ3v) is 4.60. The SMILES string of the molecule is Nc1cccc(OCCS(=O)(=O)c2ccc(Cl)cc2)c1. The van der Waals surface area contributed by atoms with Crippen molar-refractivity contribution in [3.8, 4) is 5.75 Å². The summed E-state index contributed by atoms with van der Waals surface area (Å²) in [6.07, 6.45) is 0. The van der Waals surface area contributed by atoms with Crippen molar-refractivity contribution in [1.82, 2.24) is 0 Å². The van der Waals surface area contributed by atoms with Gasteiger partial charge in [0.05, 0.1) is 10.6 Å². The maximum Gasteiger partial charge on any atom is 0.181 e. The second-order valence-corrected chi connectivity index (χ2v) is 6.74. The van der Waals surface area contributed by atoms with E-state index in [0.717, 1.165) is 0 Å². The molecule has 0 fully saturated rings. The number of hydrogen-bond donors (Lipinski definition) is 1. The van der Waals surface area contributed by atoms with Crippen LogP contribution in [-0.4, -0.2) is 20.8 Å². The van der Waals surface area contributed by atoms with Crippen LogP contribution < -0.4 is 10.5 Å². The highest BCUT2D eigenvalue weighted by Gasteiger charge is 2.14. The van der Waals surface area contributed by atoms with Gasteiger partial charge in [-0.2, -0.15) is 0 Å². The molecule has 0 aliphatic heterocycles. The van der Waals surface area contributed by atoms with Crippen molar-refractivity contribution in [3.05, 3.63) is 53.6 Å². The molecule has 0 spiro atoms. The first-order chi connectivity index (χ1) is 9.47. The van der Waals surface area contributed by atoms with Crippen LogP contribution in [-0.2, 0) is 9.84 Å². The molecule has 0 unspecified atom stereocenters. The van der Waals surface area contributed by atoms with E-state index in [1.165, 1.54) is 12.1 Å². The number of benzene rings is 2. The predicted molar refractivity (Wildman–Crippen MR) is 79.9 cm³/mol. The molecule has 0 saturated heterocycles. The van der Waals surface area contributed by atoms with Crippen LogP contribution in [0.2, 0.25) is 5.02 Å². The van der Waals surface area contributed by atoms with Crippen molar-refractivity contribution < 1.29 is 13.2 Å². The molecule has 4 nitrogen and oxygen atoms in total. The lowest BCUT2D eigenvalue weighted by Gasteiger charge is -2.08. The zero-order valence-corrected chi connectivity index (χ0v) is 12.2. The normalized spacial score (nSPS) is 11.2. The Morgan fingerprint density at radius 1 is 1.10 bits per heavy atom. The van der Waals surface area contributed by atoms with Gasteiger partial charge in [-0.15, -0.1) is 0 Å².